The van der Waals surface area contributed by atoms with Crippen molar-refractivity contribution in [2.45, 2.75) is 32.2 Å². The molecule has 5 nitrogen and oxygen atoms in total. The molecule has 0 bridgehead atoms. The van der Waals surface area contributed by atoms with Crippen molar-refractivity contribution in [3.63, 3.8) is 0 Å². The van der Waals surface area contributed by atoms with Crippen molar-refractivity contribution in [2.24, 2.45) is 0 Å². The first-order chi connectivity index (χ1) is 9.66. The summed E-state index contributed by atoms with van der Waals surface area (Å²) in [4.78, 5) is 18.9. The molecule has 0 aromatic rings. The van der Waals surface area contributed by atoms with Crippen LogP contribution in [-0.2, 0) is 9.53 Å². The predicted molar refractivity (Wildman–Crippen MR) is 79.8 cm³/mol. The molecule has 2 aliphatic heterocycles. The highest BCUT2D eigenvalue weighted by molar-refractivity contribution is 5.78. The summed E-state index contributed by atoms with van der Waals surface area (Å²) >= 11 is 0. The lowest BCUT2D eigenvalue weighted by atomic mass is 10.0. The largest absolute Gasteiger partial charge is 0.379 e. The van der Waals surface area contributed by atoms with Gasteiger partial charge in [-0.15, -0.1) is 0 Å². The number of hydrogen-bond acceptors (Lipinski definition) is 4. The summed E-state index contributed by atoms with van der Waals surface area (Å²) in [5.74, 6) is 0.293. The van der Waals surface area contributed by atoms with Crippen LogP contribution in [0.4, 0.5) is 0 Å². The van der Waals surface area contributed by atoms with Gasteiger partial charge in [0.15, 0.2) is 0 Å². The Balaban J connectivity index is 1.67. The van der Waals surface area contributed by atoms with Crippen molar-refractivity contribution < 1.29 is 9.53 Å². The fraction of sp³-hybridized carbons (Fsp3) is 0.933. The Morgan fingerprint density at radius 3 is 2.70 bits per heavy atom. The molecule has 1 amide bonds. The van der Waals surface area contributed by atoms with Crippen LogP contribution in [0, 0.1) is 0 Å². The minimum absolute atomic E-state index is 0.293. The monoisotopic (exact) mass is 283 g/mol. The molecule has 2 heterocycles. The molecule has 0 radical (unpaired) electrons. The van der Waals surface area contributed by atoms with Crippen LogP contribution >= 0.6 is 0 Å². The molecule has 1 unspecified atom stereocenters. The van der Waals surface area contributed by atoms with Crippen LogP contribution in [0.3, 0.4) is 0 Å². The third-order valence-corrected chi connectivity index (χ3v) is 4.43. The number of amides is 1. The number of likely N-dealkylation sites (tertiary alicyclic amines) is 1. The Morgan fingerprint density at radius 2 is 2.00 bits per heavy atom. The highest BCUT2D eigenvalue weighted by Gasteiger charge is 2.23. The van der Waals surface area contributed by atoms with Gasteiger partial charge in [0.2, 0.25) is 5.91 Å². The molecule has 0 N–H and O–H groups in total. The van der Waals surface area contributed by atoms with E-state index < -0.39 is 0 Å². The van der Waals surface area contributed by atoms with Gasteiger partial charge in [0.05, 0.1) is 19.8 Å². The highest BCUT2D eigenvalue weighted by Crippen LogP contribution is 2.16. The van der Waals surface area contributed by atoms with E-state index in [-0.39, 0.29) is 0 Å². The van der Waals surface area contributed by atoms with Crippen LogP contribution in [0.25, 0.3) is 0 Å². The number of nitrogens with zero attached hydrogens (tertiary/aromatic N) is 3. The SMILES string of the molecule is CC1CCCCN1C(=O)CN(C)CCN1CCOCC1. The minimum atomic E-state index is 0.293. The Bertz CT molecular complexity index is 305. The lowest BCUT2D eigenvalue weighted by Gasteiger charge is -2.35. The van der Waals surface area contributed by atoms with Gasteiger partial charge in [-0.2, -0.15) is 0 Å². The topological polar surface area (TPSA) is 36.0 Å². The number of likely N-dealkylation sites (N-methyl/N-ethyl adjacent to an activating group) is 1. The minimum Gasteiger partial charge on any atom is -0.379 e. The average Bonchev–Trinajstić information content (AvgIpc) is 2.46. The van der Waals surface area contributed by atoms with Crippen molar-refractivity contribution in [2.75, 3.05) is 59.5 Å². The number of morpholine rings is 1. The van der Waals surface area contributed by atoms with Gasteiger partial charge < -0.3 is 9.64 Å². The zero-order valence-electron chi connectivity index (χ0n) is 13.0. The third kappa shape index (κ3) is 4.72. The zero-order chi connectivity index (χ0) is 14.4. The maximum Gasteiger partial charge on any atom is 0.236 e. The number of carbonyl (C=O) groups excluding carboxylic acids is 1. The van der Waals surface area contributed by atoms with E-state index in [0.717, 1.165) is 58.8 Å². The van der Waals surface area contributed by atoms with Crippen LogP contribution in [0.5, 0.6) is 0 Å². The lowest BCUT2D eigenvalue weighted by molar-refractivity contribution is -0.135. The summed E-state index contributed by atoms with van der Waals surface area (Å²) in [5.41, 5.74) is 0. The van der Waals surface area contributed by atoms with E-state index in [1.165, 1.54) is 6.42 Å². The first kappa shape index (κ1) is 15.7. The molecular formula is C15H29N3O2. The summed E-state index contributed by atoms with van der Waals surface area (Å²) in [5, 5.41) is 0. The fourth-order valence-corrected chi connectivity index (χ4v) is 3.01. The number of rotatable bonds is 5. The van der Waals surface area contributed by atoms with Crippen molar-refractivity contribution in [1.29, 1.82) is 0 Å². The number of ether oxygens (including phenoxy) is 1. The average molecular weight is 283 g/mol. The van der Waals surface area contributed by atoms with E-state index in [1.807, 2.05) is 7.05 Å². The highest BCUT2D eigenvalue weighted by atomic mass is 16.5. The molecule has 5 heteroatoms. The molecule has 0 aromatic carbocycles. The first-order valence-electron chi connectivity index (χ1n) is 7.95. The molecule has 2 rings (SSSR count). The summed E-state index contributed by atoms with van der Waals surface area (Å²) in [6.07, 6.45) is 3.58. The van der Waals surface area contributed by atoms with Crippen LogP contribution in [-0.4, -0.2) is 86.2 Å². The van der Waals surface area contributed by atoms with Crippen LogP contribution in [0.15, 0.2) is 0 Å². The fourth-order valence-electron chi connectivity index (χ4n) is 3.01. The van der Waals surface area contributed by atoms with Gasteiger partial charge >= 0.3 is 0 Å². The molecule has 0 aliphatic carbocycles. The lowest BCUT2D eigenvalue weighted by Crippen LogP contribution is -2.47. The summed E-state index contributed by atoms with van der Waals surface area (Å²) in [6, 6.07) is 0.420. The molecule has 0 aromatic heterocycles. The molecule has 2 aliphatic rings. The molecule has 0 saturated carbocycles. The second kappa shape index (κ2) is 7.96. The standard InChI is InChI=1S/C15H29N3O2/c1-14-5-3-4-6-18(14)15(19)13-16(2)7-8-17-9-11-20-12-10-17/h14H,3-13H2,1-2H3. The second-order valence-corrected chi connectivity index (χ2v) is 6.12. The zero-order valence-corrected chi connectivity index (χ0v) is 13.0. The summed E-state index contributed by atoms with van der Waals surface area (Å²) in [7, 11) is 2.05. The van der Waals surface area contributed by atoms with Crippen LogP contribution in [0.2, 0.25) is 0 Å². The predicted octanol–water partition coefficient (Wildman–Crippen LogP) is 0.651. The Labute approximate surface area is 122 Å². The maximum absolute atomic E-state index is 12.3. The van der Waals surface area contributed by atoms with Crippen LogP contribution < -0.4 is 0 Å². The number of hydrogen-bond donors (Lipinski definition) is 0. The normalized spacial score (nSPS) is 25.1. The van der Waals surface area contributed by atoms with E-state index in [9.17, 15) is 4.79 Å². The summed E-state index contributed by atoms with van der Waals surface area (Å²) in [6.45, 7) is 9.37. The van der Waals surface area contributed by atoms with E-state index >= 15 is 0 Å². The van der Waals surface area contributed by atoms with Crippen molar-refractivity contribution in [3.8, 4) is 0 Å². The summed E-state index contributed by atoms with van der Waals surface area (Å²) < 4.78 is 5.35. The molecular weight excluding hydrogens is 254 g/mol. The molecule has 0 spiro atoms. The molecule has 2 fully saturated rings. The molecule has 20 heavy (non-hydrogen) atoms. The number of carbonyl (C=O) groups is 1. The van der Waals surface area contributed by atoms with E-state index in [1.54, 1.807) is 0 Å². The van der Waals surface area contributed by atoms with Crippen molar-refractivity contribution >= 4 is 5.91 Å². The quantitative estimate of drug-likeness (QED) is 0.742. The van der Waals surface area contributed by atoms with E-state index in [4.69, 9.17) is 4.74 Å². The van der Waals surface area contributed by atoms with Gasteiger partial charge in [-0.05, 0) is 33.2 Å². The van der Waals surface area contributed by atoms with Gasteiger partial charge in [0, 0.05) is 38.8 Å². The van der Waals surface area contributed by atoms with Gasteiger partial charge in [0.1, 0.15) is 0 Å². The van der Waals surface area contributed by atoms with Gasteiger partial charge in [-0.25, -0.2) is 0 Å². The molecule has 1 atom stereocenters. The smallest absolute Gasteiger partial charge is 0.236 e. The van der Waals surface area contributed by atoms with Gasteiger partial charge in [-0.3, -0.25) is 14.6 Å². The van der Waals surface area contributed by atoms with Crippen molar-refractivity contribution in [3.05, 3.63) is 0 Å². The Hall–Kier alpha value is -0.650. The number of piperidine rings is 1. The Morgan fingerprint density at radius 1 is 1.25 bits per heavy atom. The van der Waals surface area contributed by atoms with Crippen LogP contribution in [0.1, 0.15) is 26.2 Å². The first-order valence-corrected chi connectivity index (χ1v) is 7.95. The molecule has 116 valence electrons. The second-order valence-electron chi connectivity index (χ2n) is 6.12. The van der Waals surface area contributed by atoms with Crippen molar-refractivity contribution in [1.82, 2.24) is 14.7 Å². The van der Waals surface area contributed by atoms with E-state index in [2.05, 4.69) is 21.6 Å². The van der Waals surface area contributed by atoms with E-state index in [0.29, 0.717) is 18.5 Å². The van der Waals surface area contributed by atoms with Gasteiger partial charge in [-0.1, -0.05) is 0 Å². The Kier molecular flexibility index (Phi) is 6.26. The third-order valence-electron chi connectivity index (χ3n) is 4.43. The maximum atomic E-state index is 12.3. The van der Waals surface area contributed by atoms with Gasteiger partial charge in [0.25, 0.3) is 0 Å². The molecule has 2 saturated heterocycles.